The second-order valence-electron chi connectivity index (χ2n) is 6.75. The highest BCUT2D eigenvalue weighted by molar-refractivity contribution is 7.17. The molecule has 9 nitrogen and oxygen atoms in total. The molecule has 0 spiro atoms. The average Bonchev–Trinajstić information content (AvgIpc) is 3.43. The summed E-state index contributed by atoms with van der Waals surface area (Å²) in [6.45, 7) is 5.64. The minimum atomic E-state index is -0.539. The van der Waals surface area contributed by atoms with E-state index >= 15 is 0 Å². The third-order valence-corrected chi connectivity index (χ3v) is 5.76. The number of aryl methyl sites for hydroxylation is 1. The van der Waals surface area contributed by atoms with Crippen LogP contribution in [0.2, 0.25) is 0 Å². The molecular weight excluding hydrogens is 410 g/mol. The van der Waals surface area contributed by atoms with Crippen LogP contribution < -0.4 is 19.7 Å². The number of anilines is 2. The number of carbonyl (C=O) groups is 3. The van der Waals surface area contributed by atoms with Gasteiger partial charge < -0.3 is 24.4 Å². The van der Waals surface area contributed by atoms with E-state index in [9.17, 15) is 14.4 Å². The number of thiazole rings is 1. The Labute approximate surface area is 176 Å². The predicted molar refractivity (Wildman–Crippen MR) is 109 cm³/mol. The zero-order chi connectivity index (χ0) is 21.3. The summed E-state index contributed by atoms with van der Waals surface area (Å²) in [6.07, 6.45) is 1.55. The first-order valence-corrected chi connectivity index (χ1v) is 10.0. The lowest BCUT2D eigenvalue weighted by atomic mass is 10.1. The molecule has 1 aromatic carbocycles. The SMILES string of the molecule is C=CCOC(=O)c1sc(NC(=O)C2CC(=O)N(c3ccc4c(c3)OCO4)C2)nc1C. The van der Waals surface area contributed by atoms with Crippen LogP contribution in [0.5, 0.6) is 11.5 Å². The van der Waals surface area contributed by atoms with Gasteiger partial charge in [-0.3, -0.25) is 9.59 Å². The largest absolute Gasteiger partial charge is 0.457 e. The van der Waals surface area contributed by atoms with Crippen molar-refractivity contribution in [2.75, 3.05) is 30.2 Å². The number of aromatic nitrogens is 1. The van der Waals surface area contributed by atoms with E-state index in [1.807, 2.05) is 0 Å². The molecule has 0 saturated carbocycles. The summed E-state index contributed by atoms with van der Waals surface area (Å²) in [6, 6.07) is 5.23. The van der Waals surface area contributed by atoms with Gasteiger partial charge in [0.25, 0.3) is 0 Å². The highest BCUT2D eigenvalue weighted by Gasteiger charge is 2.36. The lowest BCUT2D eigenvalue weighted by molar-refractivity contribution is -0.122. The van der Waals surface area contributed by atoms with Gasteiger partial charge in [0.15, 0.2) is 16.6 Å². The van der Waals surface area contributed by atoms with E-state index < -0.39 is 11.9 Å². The number of hydrogen-bond donors (Lipinski definition) is 1. The summed E-state index contributed by atoms with van der Waals surface area (Å²) < 4.78 is 15.7. The Kier molecular flexibility index (Phi) is 5.40. The molecule has 0 aliphatic carbocycles. The van der Waals surface area contributed by atoms with Gasteiger partial charge in [-0.25, -0.2) is 9.78 Å². The molecular formula is C20H19N3O6S. The monoisotopic (exact) mass is 429 g/mol. The van der Waals surface area contributed by atoms with Crippen molar-refractivity contribution >= 4 is 39.9 Å². The lowest BCUT2D eigenvalue weighted by Gasteiger charge is -2.17. The van der Waals surface area contributed by atoms with Crippen LogP contribution >= 0.6 is 11.3 Å². The second-order valence-corrected chi connectivity index (χ2v) is 7.75. The molecule has 2 aliphatic rings. The molecule has 0 radical (unpaired) electrons. The summed E-state index contributed by atoms with van der Waals surface area (Å²) in [7, 11) is 0. The Morgan fingerprint density at radius 3 is 3.00 bits per heavy atom. The van der Waals surface area contributed by atoms with Crippen molar-refractivity contribution in [3.63, 3.8) is 0 Å². The van der Waals surface area contributed by atoms with E-state index in [2.05, 4.69) is 16.9 Å². The van der Waals surface area contributed by atoms with Crippen LogP contribution in [-0.4, -0.2) is 42.7 Å². The first kappa shape index (κ1) is 19.9. The minimum Gasteiger partial charge on any atom is -0.457 e. The molecule has 10 heteroatoms. The molecule has 156 valence electrons. The number of carbonyl (C=O) groups excluding carboxylic acids is 3. The van der Waals surface area contributed by atoms with Crippen molar-refractivity contribution in [3.05, 3.63) is 41.4 Å². The molecule has 1 aromatic heterocycles. The van der Waals surface area contributed by atoms with Gasteiger partial charge in [0.2, 0.25) is 18.6 Å². The molecule has 1 N–H and O–H groups in total. The van der Waals surface area contributed by atoms with Crippen molar-refractivity contribution in [2.45, 2.75) is 13.3 Å². The molecule has 2 aliphatic heterocycles. The number of hydrogen-bond acceptors (Lipinski definition) is 8. The maximum atomic E-state index is 12.7. The van der Waals surface area contributed by atoms with Gasteiger partial charge in [-0.15, -0.1) is 0 Å². The number of esters is 1. The summed E-state index contributed by atoms with van der Waals surface area (Å²) in [5.41, 5.74) is 1.12. The Balaban J connectivity index is 1.42. The summed E-state index contributed by atoms with van der Waals surface area (Å²) in [5.74, 6) is -0.341. The van der Waals surface area contributed by atoms with Gasteiger partial charge in [0.1, 0.15) is 11.5 Å². The Morgan fingerprint density at radius 1 is 1.40 bits per heavy atom. The molecule has 2 aromatic rings. The van der Waals surface area contributed by atoms with E-state index in [1.165, 1.54) is 6.08 Å². The molecule has 30 heavy (non-hydrogen) atoms. The van der Waals surface area contributed by atoms with E-state index in [4.69, 9.17) is 14.2 Å². The van der Waals surface area contributed by atoms with Gasteiger partial charge in [0, 0.05) is 24.7 Å². The fourth-order valence-electron chi connectivity index (χ4n) is 3.23. The predicted octanol–water partition coefficient (Wildman–Crippen LogP) is 2.51. The maximum absolute atomic E-state index is 12.7. The Bertz CT molecular complexity index is 1030. The number of benzene rings is 1. The maximum Gasteiger partial charge on any atom is 0.350 e. The molecule has 1 saturated heterocycles. The van der Waals surface area contributed by atoms with Crippen molar-refractivity contribution < 1.29 is 28.6 Å². The Morgan fingerprint density at radius 2 is 2.20 bits per heavy atom. The first-order valence-electron chi connectivity index (χ1n) is 9.22. The number of ether oxygens (including phenoxy) is 3. The van der Waals surface area contributed by atoms with Crippen molar-refractivity contribution in [1.82, 2.24) is 4.98 Å². The van der Waals surface area contributed by atoms with E-state index in [0.29, 0.717) is 27.8 Å². The van der Waals surface area contributed by atoms with Gasteiger partial charge >= 0.3 is 5.97 Å². The third-order valence-electron chi connectivity index (χ3n) is 4.71. The molecule has 2 amide bonds. The van der Waals surface area contributed by atoms with Gasteiger partial charge in [-0.2, -0.15) is 0 Å². The number of nitrogens with one attached hydrogen (secondary N) is 1. The van der Waals surface area contributed by atoms with Crippen LogP contribution in [0.15, 0.2) is 30.9 Å². The standard InChI is InChI=1S/C20H19N3O6S/c1-3-6-27-19(26)17-11(2)21-20(30-17)22-18(25)12-7-16(24)23(9-12)13-4-5-14-15(8-13)29-10-28-14/h3-5,8,12H,1,6-7,9-10H2,2H3,(H,21,22,25). The fourth-order valence-corrected chi connectivity index (χ4v) is 4.10. The second kappa shape index (κ2) is 8.15. The smallest absolute Gasteiger partial charge is 0.350 e. The zero-order valence-electron chi connectivity index (χ0n) is 16.2. The first-order chi connectivity index (χ1) is 14.5. The molecule has 0 bridgehead atoms. The normalized spacial score (nSPS) is 17.2. The summed E-state index contributed by atoms with van der Waals surface area (Å²) in [5, 5.41) is 3.00. The van der Waals surface area contributed by atoms with Crippen LogP contribution in [0.3, 0.4) is 0 Å². The minimum absolute atomic E-state index is 0.0822. The summed E-state index contributed by atoms with van der Waals surface area (Å²) in [4.78, 5) is 43.3. The topological polar surface area (TPSA) is 107 Å². The molecule has 1 fully saturated rings. The van der Waals surface area contributed by atoms with E-state index in [0.717, 1.165) is 11.3 Å². The molecule has 3 heterocycles. The van der Waals surface area contributed by atoms with Crippen LogP contribution in [0.4, 0.5) is 10.8 Å². The summed E-state index contributed by atoms with van der Waals surface area (Å²) >= 11 is 1.04. The average molecular weight is 429 g/mol. The van der Waals surface area contributed by atoms with Crippen LogP contribution in [0, 0.1) is 12.8 Å². The number of amides is 2. The van der Waals surface area contributed by atoms with Crippen LogP contribution in [0.25, 0.3) is 0 Å². The van der Waals surface area contributed by atoms with E-state index in [1.54, 1.807) is 30.0 Å². The zero-order valence-corrected chi connectivity index (χ0v) is 17.0. The van der Waals surface area contributed by atoms with Crippen molar-refractivity contribution in [2.24, 2.45) is 5.92 Å². The van der Waals surface area contributed by atoms with Gasteiger partial charge in [-0.1, -0.05) is 24.0 Å². The molecule has 1 unspecified atom stereocenters. The quantitative estimate of drug-likeness (QED) is 0.555. The van der Waals surface area contributed by atoms with Gasteiger partial charge in [-0.05, 0) is 19.1 Å². The Hall–Kier alpha value is -3.40. The van der Waals surface area contributed by atoms with Gasteiger partial charge in [0.05, 0.1) is 11.6 Å². The van der Waals surface area contributed by atoms with Crippen molar-refractivity contribution in [3.8, 4) is 11.5 Å². The highest BCUT2D eigenvalue weighted by Crippen LogP contribution is 2.37. The van der Waals surface area contributed by atoms with Crippen LogP contribution in [0.1, 0.15) is 21.8 Å². The van der Waals surface area contributed by atoms with Crippen molar-refractivity contribution in [1.29, 1.82) is 0 Å². The van der Waals surface area contributed by atoms with E-state index in [-0.39, 0.29) is 43.3 Å². The number of fused-ring (bicyclic) bond motifs is 1. The molecule has 1 atom stereocenters. The van der Waals surface area contributed by atoms with Crippen LogP contribution in [-0.2, 0) is 14.3 Å². The lowest BCUT2D eigenvalue weighted by Crippen LogP contribution is -2.28. The third kappa shape index (κ3) is 3.86. The number of nitrogens with zero attached hydrogens (tertiary/aromatic N) is 2. The highest BCUT2D eigenvalue weighted by atomic mass is 32.1. The number of rotatable bonds is 6. The fraction of sp³-hybridized carbons (Fsp3) is 0.300. The molecule has 4 rings (SSSR count).